The Labute approximate surface area is 77.4 Å². The van der Waals surface area contributed by atoms with E-state index < -0.39 is 24.1 Å². The molecule has 1 saturated heterocycles. The Morgan fingerprint density at radius 2 is 2.31 bits per heavy atom. The van der Waals surface area contributed by atoms with Gasteiger partial charge in [-0.3, -0.25) is 0 Å². The van der Waals surface area contributed by atoms with E-state index in [1.54, 1.807) is 0 Å². The first-order valence-corrected chi connectivity index (χ1v) is 7.08. The fraction of sp³-hybridized carbons (Fsp3) is 1.00. The molecule has 1 heterocycles. The van der Waals surface area contributed by atoms with Gasteiger partial charge in [0.15, 0.2) is 6.10 Å². The van der Waals surface area contributed by atoms with Crippen molar-refractivity contribution in [2.24, 2.45) is 0 Å². The van der Waals surface area contributed by atoms with Crippen molar-refractivity contribution in [1.29, 1.82) is 0 Å². The lowest BCUT2D eigenvalue weighted by Gasteiger charge is -2.04. The molecule has 2 unspecified atom stereocenters. The average molecular weight is 231 g/mol. The number of sulfone groups is 1. The highest BCUT2D eigenvalue weighted by atomic mass is 32.2. The topological polar surface area (TPSA) is 82.1 Å². The molecule has 13 heavy (non-hydrogen) atoms. The van der Waals surface area contributed by atoms with Gasteiger partial charge in [0.2, 0.25) is 0 Å². The van der Waals surface area contributed by atoms with Gasteiger partial charge in [-0.2, -0.15) is 13.9 Å². The predicted molar refractivity (Wildman–Crippen MR) is 46.7 cm³/mol. The molecule has 78 valence electrons. The standard InChI is InChI=1S/C5H12O6PS/c1-9-12(6)10-3-5(11-12)4-13(2,7)8/h5-6H,3-4H2,1-2H3/q+1. The molecule has 1 N–H and O–H groups in total. The fourth-order valence-corrected chi connectivity index (χ4v) is 3.00. The van der Waals surface area contributed by atoms with Gasteiger partial charge in [-0.25, -0.2) is 8.42 Å². The van der Waals surface area contributed by atoms with Crippen LogP contribution in [0.1, 0.15) is 0 Å². The lowest BCUT2D eigenvalue weighted by Crippen LogP contribution is -2.21. The van der Waals surface area contributed by atoms with E-state index in [0.29, 0.717) is 0 Å². The summed E-state index contributed by atoms with van der Waals surface area (Å²) in [6, 6.07) is 0. The Bertz CT molecular complexity index is 277. The Kier molecular flexibility index (Phi) is 3.27. The second-order valence-electron chi connectivity index (χ2n) is 2.77. The summed E-state index contributed by atoms with van der Waals surface area (Å²) in [7, 11) is -5.08. The van der Waals surface area contributed by atoms with Crippen LogP contribution >= 0.6 is 8.17 Å². The highest BCUT2D eigenvalue weighted by Gasteiger charge is 2.53. The Balaban J connectivity index is 2.51. The first-order chi connectivity index (χ1) is 5.85. The predicted octanol–water partition coefficient (Wildman–Crippen LogP) is -0.237. The molecule has 0 bridgehead atoms. The van der Waals surface area contributed by atoms with Crippen LogP contribution in [0.4, 0.5) is 0 Å². The van der Waals surface area contributed by atoms with Crippen molar-refractivity contribution in [2.45, 2.75) is 6.10 Å². The quantitative estimate of drug-likeness (QED) is 0.675. The molecule has 1 rings (SSSR count). The third-order valence-electron chi connectivity index (χ3n) is 1.43. The van der Waals surface area contributed by atoms with E-state index in [2.05, 4.69) is 4.52 Å². The minimum absolute atomic E-state index is 0.0468. The van der Waals surface area contributed by atoms with Crippen LogP contribution in [0.15, 0.2) is 0 Å². The molecule has 0 radical (unpaired) electrons. The maximum Gasteiger partial charge on any atom is 0.572 e. The van der Waals surface area contributed by atoms with E-state index in [0.717, 1.165) is 6.26 Å². The monoisotopic (exact) mass is 231 g/mol. The summed E-state index contributed by atoms with van der Waals surface area (Å²) in [4.78, 5) is 9.32. The van der Waals surface area contributed by atoms with Crippen LogP contribution in [0.2, 0.25) is 0 Å². The zero-order valence-electron chi connectivity index (χ0n) is 7.34. The van der Waals surface area contributed by atoms with Gasteiger partial charge in [-0.05, 0) is 0 Å². The summed E-state index contributed by atoms with van der Waals surface area (Å²) in [6.45, 7) is 0.0468. The molecule has 6 nitrogen and oxygen atoms in total. The average Bonchev–Trinajstić information content (AvgIpc) is 2.30. The molecule has 0 aromatic carbocycles. The largest absolute Gasteiger partial charge is 0.572 e. The van der Waals surface area contributed by atoms with Gasteiger partial charge in [-0.1, -0.05) is 0 Å². The number of hydrogen-bond donors (Lipinski definition) is 1. The molecule has 1 aliphatic heterocycles. The highest BCUT2D eigenvalue weighted by Crippen LogP contribution is 2.62. The van der Waals surface area contributed by atoms with E-state index in [4.69, 9.17) is 9.05 Å². The van der Waals surface area contributed by atoms with Crippen LogP contribution in [0.3, 0.4) is 0 Å². The van der Waals surface area contributed by atoms with Gasteiger partial charge in [0.05, 0.1) is 12.9 Å². The van der Waals surface area contributed by atoms with Crippen molar-refractivity contribution in [3.8, 4) is 0 Å². The minimum Gasteiger partial charge on any atom is -0.229 e. The Morgan fingerprint density at radius 1 is 1.69 bits per heavy atom. The molecule has 1 aliphatic rings. The third kappa shape index (κ3) is 3.46. The summed E-state index contributed by atoms with van der Waals surface area (Å²) in [5, 5.41) is 0. The van der Waals surface area contributed by atoms with E-state index in [9.17, 15) is 13.3 Å². The smallest absolute Gasteiger partial charge is 0.229 e. The van der Waals surface area contributed by atoms with Crippen LogP contribution in [-0.4, -0.2) is 45.1 Å². The molecule has 0 aliphatic carbocycles. The lowest BCUT2D eigenvalue weighted by molar-refractivity contribution is 0.172. The van der Waals surface area contributed by atoms with Gasteiger partial charge in [0.1, 0.15) is 16.4 Å². The summed E-state index contributed by atoms with van der Waals surface area (Å²) in [5.41, 5.74) is 0. The summed E-state index contributed by atoms with van der Waals surface area (Å²) >= 11 is 0. The van der Waals surface area contributed by atoms with Crippen molar-refractivity contribution in [3.05, 3.63) is 0 Å². The van der Waals surface area contributed by atoms with Crippen molar-refractivity contribution in [3.63, 3.8) is 0 Å². The maximum absolute atomic E-state index is 10.8. The Hall–Kier alpha value is 0.220. The molecule has 0 spiro atoms. The highest BCUT2D eigenvalue weighted by molar-refractivity contribution is 7.90. The third-order valence-corrected chi connectivity index (χ3v) is 3.90. The molecule has 2 atom stereocenters. The van der Waals surface area contributed by atoms with Gasteiger partial charge in [0.25, 0.3) is 0 Å². The van der Waals surface area contributed by atoms with E-state index in [1.807, 2.05) is 0 Å². The zero-order valence-corrected chi connectivity index (χ0v) is 9.05. The SMILES string of the molecule is CO[P+]1(O)OCC(CS(C)(=O)=O)O1. The molecule has 1 fully saturated rings. The van der Waals surface area contributed by atoms with Gasteiger partial charge < -0.3 is 0 Å². The first-order valence-electron chi connectivity index (χ1n) is 3.53. The van der Waals surface area contributed by atoms with Crippen molar-refractivity contribution in [2.75, 3.05) is 25.7 Å². The number of rotatable bonds is 3. The Morgan fingerprint density at radius 3 is 2.69 bits per heavy atom. The van der Waals surface area contributed by atoms with Crippen LogP contribution in [0.5, 0.6) is 0 Å². The minimum atomic E-state index is -3.21. The summed E-state index contributed by atoms with van der Waals surface area (Å²) in [6.07, 6.45) is 0.465. The van der Waals surface area contributed by atoms with Crippen molar-refractivity contribution < 1.29 is 26.9 Å². The van der Waals surface area contributed by atoms with Crippen molar-refractivity contribution >= 4 is 18.0 Å². The maximum atomic E-state index is 10.8. The van der Waals surface area contributed by atoms with Gasteiger partial charge in [-0.15, -0.1) is 4.52 Å². The van der Waals surface area contributed by atoms with Gasteiger partial charge in [0, 0.05) is 6.26 Å². The molecule has 8 heteroatoms. The second-order valence-corrected chi connectivity index (χ2v) is 6.72. The normalized spacial score (nSPS) is 35.2. The van der Waals surface area contributed by atoms with E-state index >= 15 is 0 Å². The lowest BCUT2D eigenvalue weighted by atomic mass is 10.4. The van der Waals surface area contributed by atoms with Gasteiger partial charge >= 0.3 is 8.17 Å². The van der Waals surface area contributed by atoms with Crippen LogP contribution in [0.25, 0.3) is 0 Å². The molecular weight excluding hydrogens is 219 g/mol. The summed E-state index contributed by atoms with van der Waals surface area (Å²) in [5.74, 6) is -0.168. The van der Waals surface area contributed by atoms with E-state index in [1.165, 1.54) is 7.11 Å². The zero-order chi connectivity index (χ0) is 10.1. The van der Waals surface area contributed by atoms with E-state index in [-0.39, 0.29) is 12.4 Å². The fourth-order valence-electron chi connectivity index (χ4n) is 0.939. The molecule has 0 saturated carbocycles. The molecular formula is C5H12O6PS+. The second kappa shape index (κ2) is 3.76. The number of hydrogen-bond acceptors (Lipinski definition) is 6. The molecule has 0 aromatic rings. The summed E-state index contributed by atoms with van der Waals surface area (Å²) < 4.78 is 36.0. The molecule has 0 amide bonds. The first kappa shape index (κ1) is 11.3. The van der Waals surface area contributed by atoms with Crippen LogP contribution < -0.4 is 0 Å². The van der Waals surface area contributed by atoms with Crippen LogP contribution in [-0.2, 0) is 23.4 Å². The van der Waals surface area contributed by atoms with Crippen LogP contribution in [0, 0.1) is 0 Å². The molecule has 0 aromatic heterocycles. The van der Waals surface area contributed by atoms with Crippen molar-refractivity contribution in [1.82, 2.24) is 0 Å².